The van der Waals surface area contributed by atoms with E-state index in [-0.39, 0.29) is 11.9 Å². The molecule has 92 valence electrons. The summed E-state index contributed by atoms with van der Waals surface area (Å²) in [6.07, 6.45) is 1.72. The van der Waals surface area contributed by atoms with Gasteiger partial charge in [-0.15, -0.1) is 11.8 Å². The molecule has 0 aromatic heterocycles. The second-order valence-corrected chi connectivity index (χ2v) is 4.60. The van der Waals surface area contributed by atoms with Gasteiger partial charge in [0.15, 0.2) is 0 Å². The Morgan fingerprint density at radius 3 is 2.82 bits per heavy atom. The van der Waals surface area contributed by atoms with Gasteiger partial charge >= 0.3 is 0 Å². The van der Waals surface area contributed by atoms with E-state index in [1.807, 2.05) is 19.9 Å². The molecule has 0 aliphatic heterocycles. The first-order valence-electron chi connectivity index (χ1n) is 5.77. The van der Waals surface area contributed by atoms with Gasteiger partial charge in [-0.05, 0) is 53.5 Å². The smallest absolute Gasteiger partial charge is 0.137 e. The maximum atomic E-state index is 13.5. The molecule has 1 N–H and O–H groups in total. The molecule has 1 aromatic carbocycles. The number of hydrogen-bond acceptors (Lipinski definition) is 1. The summed E-state index contributed by atoms with van der Waals surface area (Å²) >= 11 is 3.16. The Morgan fingerprint density at radius 1 is 1.47 bits per heavy atom. The molecule has 0 radical (unpaired) electrons. The molecule has 17 heavy (non-hydrogen) atoms. The molecular weight excluding hydrogens is 281 g/mol. The third-order valence-corrected chi connectivity index (χ3v) is 3.17. The maximum Gasteiger partial charge on any atom is 0.137 e. The van der Waals surface area contributed by atoms with Crippen LogP contribution in [0.1, 0.15) is 38.3 Å². The van der Waals surface area contributed by atoms with Crippen molar-refractivity contribution < 1.29 is 4.39 Å². The van der Waals surface area contributed by atoms with Gasteiger partial charge in [-0.1, -0.05) is 13.0 Å². The second kappa shape index (κ2) is 7.47. The van der Waals surface area contributed by atoms with Crippen LogP contribution in [0.15, 0.2) is 22.7 Å². The molecule has 0 aliphatic rings. The molecule has 0 amide bonds. The van der Waals surface area contributed by atoms with Gasteiger partial charge in [0, 0.05) is 12.5 Å². The Kier molecular flexibility index (Phi) is 6.25. The lowest BCUT2D eigenvalue weighted by atomic mass is 10.0. The van der Waals surface area contributed by atoms with Crippen molar-refractivity contribution in [1.82, 2.24) is 5.32 Å². The summed E-state index contributed by atoms with van der Waals surface area (Å²) in [4.78, 5) is 0. The standard InChI is InChI=1S/C14H17BrFN/c1-3-5-6-7-14(17-4-2)11-8-9-12(15)13(16)10-11/h8-10,14,17H,4,6-7H2,1-2H3. The molecule has 0 saturated carbocycles. The van der Waals surface area contributed by atoms with E-state index in [2.05, 4.69) is 33.1 Å². The first kappa shape index (κ1) is 14.2. The van der Waals surface area contributed by atoms with Gasteiger partial charge in [0.2, 0.25) is 0 Å². The van der Waals surface area contributed by atoms with Crippen LogP contribution in [0.2, 0.25) is 0 Å². The highest BCUT2D eigenvalue weighted by atomic mass is 79.9. The van der Waals surface area contributed by atoms with Crippen molar-refractivity contribution in [3.8, 4) is 11.8 Å². The van der Waals surface area contributed by atoms with Crippen LogP contribution in [0.4, 0.5) is 4.39 Å². The average Bonchev–Trinajstić information content (AvgIpc) is 2.32. The van der Waals surface area contributed by atoms with E-state index in [1.54, 1.807) is 12.1 Å². The number of benzene rings is 1. The van der Waals surface area contributed by atoms with E-state index in [0.29, 0.717) is 4.47 Å². The third kappa shape index (κ3) is 4.49. The van der Waals surface area contributed by atoms with Crippen LogP contribution < -0.4 is 5.32 Å². The van der Waals surface area contributed by atoms with Crippen molar-refractivity contribution in [3.63, 3.8) is 0 Å². The summed E-state index contributed by atoms with van der Waals surface area (Å²) < 4.78 is 14.0. The van der Waals surface area contributed by atoms with Crippen molar-refractivity contribution in [3.05, 3.63) is 34.1 Å². The lowest BCUT2D eigenvalue weighted by Gasteiger charge is -2.17. The quantitative estimate of drug-likeness (QED) is 0.809. The summed E-state index contributed by atoms with van der Waals surface area (Å²) in [6, 6.07) is 5.44. The van der Waals surface area contributed by atoms with Crippen molar-refractivity contribution >= 4 is 15.9 Å². The zero-order valence-corrected chi connectivity index (χ0v) is 11.8. The number of rotatable bonds is 5. The predicted molar refractivity (Wildman–Crippen MR) is 73.2 cm³/mol. The van der Waals surface area contributed by atoms with Crippen LogP contribution in [0.3, 0.4) is 0 Å². The van der Waals surface area contributed by atoms with Crippen molar-refractivity contribution in [2.24, 2.45) is 0 Å². The van der Waals surface area contributed by atoms with Gasteiger partial charge in [-0.2, -0.15) is 0 Å². The Balaban J connectivity index is 2.79. The number of hydrogen-bond donors (Lipinski definition) is 1. The molecule has 0 saturated heterocycles. The van der Waals surface area contributed by atoms with Gasteiger partial charge in [-0.3, -0.25) is 0 Å². The highest BCUT2D eigenvalue weighted by Crippen LogP contribution is 2.23. The van der Waals surface area contributed by atoms with Gasteiger partial charge < -0.3 is 5.32 Å². The highest BCUT2D eigenvalue weighted by Gasteiger charge is 2.11. The minimum atomic E-state index is -0.216. The third-order valence-electron chi connectivity index (χ3n) is 2.53. The van der Waals surface area contributed by atoms with E-state index < -0.39 is 0 Å². The molecule has 0 aliphatic carbocycles. The Morgan fingerprint density at radius 2 is 2.24 bits per heavy atom. The molecule has 1 aromatic rings. The molecule has 0 bridgehead atoms. The van der Waals surface area contributed by atoms with Crippen molar-refractivity contribution in [1.29, 1.82) is 0 Å². The van der Waals surface area contributed by atoms with Crippen LogP contribution in [0.25, 0.3) is 0 Å². The molecule has 1 rings (SSSR count). The molecule has 1 unspecified atom stereocenters. The normalized spacial score (nSPS) is 11.8. The fraction of sp³-hybridized carbons (Fsp3) is 0.429. The Labute approximate surface area is 111 Å². The van der Waals surface area contributed by atoms with E-state index in [1.165, 1.54) is 0 Å². The molecule has 1 atom stereocenters. The van der Waals surface area contributed by atoms with E-state index in [0.717, 1.165) is 24.9 Å². The van der Waals surface area contributed by atoms with E-state index in [9.17, 15) is 4.39 Å². The molecular formula is C14H17BrFN. The van der Waals surface area contributed by atoms with Crippen LogP contribution in [-0.4, -0.2) is 6.54 Å². The van der Waals surface area contributed by atoms with E-state index in [4.69, 9.17) is 0 Å². The SMILES string of the molecule is CC#CCCC(NCC)c1ccc(Br)c(F)c1. The molecule has 0 spiro atoms. The highest BCUT2D eigenvalue weighted by molar-refractivity contribution is 9.10. The lowest BCUT2D eigenvalue weighted by molar-refractivity contribution is 0.517. The summed E-state index contributed by atoms with van der Waals surface area (Å²) in [6.45, 7) is 4.75. The monoisotopic (exact) mass is 297 g/mol. The number of halogens is 2. The number of nitrogens with one attached hydrogen (secondary N) is 1. The Hall–Kier alpha value is -0.850. The molecule has 1 nitrogen and oxygen atoms in total. The summed E-state index contributed by atoms with van der Waals surface area (Å²) in [5, 5.41) is 3.35. The van der Waals surface area contributed by atoms with Crippen LogP contribution in [0, 0.1) is 17.7 Å². The first-order valence-corrected chi connectivity index (χ1v) is 6.56. The topological polar surface area (TPSA) is 12.0 Å². The second-order valence-electron chi connectivity index (χ2n) is 3.75. The van der Waals surface area contributed by atoms with Gasteiger partial charge in [0.1, 0.15) is 5.82 Å². The van der Waals surface area contributed by atoms with Crippen molar-refractivity contribution in [2.75, 3.05) is 6.54 Å². The predicted octanol–water partition coefficient (Wildman–Crippen LogP) is 4.04. The summed E-state index contributed by atoms with van der Waals surface area (Å²) in [7, 11) is 0. The van der Waals surface area contributed by atoms with Crippen molar-refractivity contribution in [2.45, 2.75) is 32.7 Å². The van der Waals surface area contributed by atoms with Gasteiger partial charge in [-0.25, -0.2) is 4.39 Å². The zero-order chi connectivity index (χ0) is 12.7. The molecule has 0 fully saturated rings. The van der Waals surface area contributed by atoms with Crippen LogP contribution >= 0.6 is 15.9 Å². The fourth-order valence-corrected chi connectivity index (χ4v) is 1.95. The Bertz CT molecular complexity index is 420. The summed E-state index contributed by atoms with van der Waals surface area (Å²) in [5.74, 6) is 5.70. The lowest BCUT2D eigenvalue weighted by Crippen LogP contribution is -2.20. The fourth-order valence-electron chi connectivity index (χ4n) is 1.70. The van der Waals surface area contributed by atoms with Crippen LogP contribution in [0.5, 0.6) is 0 Å². The molecule has 3 heteroatoms. The molecule has 0 heterocycles. The van der Waals surface area contributed by atoms with Gasteiger partial charge in [0.05, 0.1) is 4.47 Å². The van der Waals surface area contributed by atoms with Crippen LogP contribution in [-0.2, 0) is 0 Å². The minimum absolute atomic E-state index is 0.170. The minimum Gasteiger partial charge on any atom is -0.310 e. The first-order chi connectivity index (χ1) is 8.19. The van der Waals surface area contributed by atoms with Gasteiger partial charge in [0.25, 0.3) is 0 Å². The zero-order valence-electron chi connectivity index (χ0n) is 10.2. The average molecular weight is 298 g/mol. The maximum absolute atomic E-state index is 13.5. The van der Waals surface area contributed by atoms with E-state index >= 15 is 0 Å². The largest absolute Gasteiger partial charge is 0.310 e. The summed E-state index contributed by atoms with van der Waals surface area (Å²) in [5.41, 5.74) is 0.977.